The van der Waals surface area contributed by atoms with Gasteiger partial charge >= 0.3 is 0 Å². The molecular formula is C19H20Cl2N4OS. The summed E-state index contributed by atoms with van der Waals surface area (Å²) in [4.78, 5) is 14.8. The summed E-state index contributed by atoms with van der Waals surface area (Å²) in [5.41, 5.74) is 1.32. The molecule has 3 aromatic rings. The summed E-state index contributed by atoms with van der Waals surface area (Å²) in [6, 6.07) is 11.6. The number of amides is 1. The highest BCUT2D eigenvalue weighted by Gasteiger charge is 2.27. The molecule has 0 radical (unpaired) electrons. The Morgan fingerprint density at radius 1 is 1.19 bits per heavy atom. The summed E-state index contributed by atoms with van der Waals surface area (Å²) in [6.07, 6.45) is 1.70. The number of thioether (sulfide) groups is 1. The lowest BCUT2D eigenvalue weighted by molar-refractivity contribution is -0.133. The molecule has 0 spiro atoms. The SMILES string of the molecule is CC(C)(C)N(Cc1ccccc1)C(=O)CSc1nnc2c(Cl)cc(Cl)cn12. The summed E-state index contributed by atoms with van der Waals surface area (Å²) < 4.78 is 1.71. The number of halogens is 2. The van der Waals surface area contributed by atoms with E-state index >= 15 is 0 Å². The molecular weight excluding hydrogens is 403 g/mol. The molecule has 0 saturated heterocycles. The van der Waals surface area contributed by atoms with Gasteiger partial charge in [-0.15, -0.1) is 10.2 Å². The van der Waals surface area contributed by atoms with E-state index in [2.05, 4.69) is 10.2 Å². The van der Waals surface area contributed by atoms with Gasteiger partial charge in [-0.05, 0) is 32.4 Å². The number of benzene rings is 1. The van der Waals surface area contributed by atoms with Crippen LogP contribution in [0.25, 0.3) is 5.65 Å². The summed E-state index contributed by atoms with van der Waals surface area (Å²) in [7, 11) is 0. The largest absolute Gasteiger partial charge is 0.333 e. The first kappa shape index (κ1) is 20.0. The topological polar surface area (TPSA) is 50.5 Å². The van der Waals surface area contributed by atoms with Gasteiger partial charge in [0.2, 0.25) is 5.91 Å². The third kappa shape index (κ3) is 4.75. The highest BCUT2D eigenvalue weighted by Crippen LogP contribution is 2.26. The minimum Gasteiger partial charge on any atom is -0.333 e. The molecule has 2 heterocycles. The van der Waals surface area contributed by atoms with E-state index in [-0.39, 0.29) is 17.2 Å². The van der Waals surface area contributed by atoms with E-state index in [1.54, 1.807) is 16.7 Å². The Hall–Kier alpha value is -1.76. The van der Waals surface area contributed by atoms with E-state index in [1.807, 2.05) is 56.0 Å². The lowest BCUT2D eigenvalue weighted by Crippen LogP contribution is -2.45. The predicted molar refractivity (Wildman–Crippen MR) is 110 cm³/mol. The van der Waals surface area contributed by atoms with E-state index in [0.717, 1.165) is 5.56 Å². The van der Waals surface area contributed by atoms with Crippen molar-refractivity contribution in [2.75, 3.05) is 5.75 Å². The zero-order valence-corrected chi connectivity index (χ0v) is 17.6. The van der Waals surface area contributed by atoms with Gasteiger partial charge in [0.1, 0.15) is 0 Å². The first-order valence-electron chi connectivity index (χ1n) is 8.42. The fourth-order valence-corrected chi connectivity index (χ4v) is 3.96. The Balaban J connectivity index is 1.76. The summed E-state index contributed by atoms with van der Waals surface area (Å²) in [5, 5.41) is 9.70. The number of hydrogen-bond donors (Lipinski definition) is 0. The van der Waals surface area contributed by atoms with Gasteiger partial charge in [0.15, 0.2) is 10.8 Å². The number of aromatic nitrogens is 3. The highest BCUT2D eigenvalue weighted by molar-refractivity contribution is 7.99. The Bertz CT molecular complexity index is 953. The molecule has 1 aromatic carbocycles. The molecule has 2 aromatic heterocycles. The predicted octanol–water partition coefficient (Wildman–Crippen LogP) is 4.96. The lowest BCUT2D eigenvalue weighted by atomic mass is 10.0. The summed E-state index contributed by atoms with van der Waals surface area (Å²) >= 11 is 13.5. The second kappa shape index (κ2) is 8.09. The molecule has 142 valence electrons. The number of pyridine rings is 1. The van der Waals surface area contributed by atoms with Gasteiger partial charge < -0.3 is 4.90 Å². The second-order valence-electron chi connectivity index (χ2n) is 7.11. The first-order chi connectivity index (χ1) is 12.8. The minimum absolute atomic E-state index is 0.0289. The van der Waals surface area contributed by atoms with Crippen molar-refractivity contribution in [1.82, 2.24) is 19.5 Å². The van der Waals surface area contributed by atoms with Crippen molar-refractivity contribution in [1.29, 1.82) is 0 Å². The number of fused-ring (bicyclic) bond motifs is 1. The van der Waals surface area contributed by atoms with Crippen molar-refractivity contribution >= 4 is 46.5 Å². The van der Waals surface area contributed by atoms with Crippen LogP contribution in [0.4, 0.5) is 0 Å². The monoisotopic (exact) mass is 422 g/mol. The molecule has 8 heteroatoms. The maximum absolute atomic E-state index is 13.0. The van der Waals surface area contributed by atoms with Crippen molar-refractivity contribution in [3.8, 4) is 0 Å². The zero-order valence-electron chi connectivity index (χ0n) is 15.3. The van der Waals surface area contributed by atoms with Crippen LogP contribution in [-0.4, -0.2) is 36.7 Å². The third-order valence-corrected chi connectivity index (χ3v) is 5.43. The maximum Gasteiger partial charge on any atom is 0.233 e. The number of rotatable bonds is 5. The van der Waals surface area contributed by atoms with Crippen molar-refractivity contribution in [3.63, 3.8) is 0 Å². The average molecular weight is 423 g/mol. The van der Waals surface area contributed by atoms with Crippen LogP contribution in [0.1, 0.15) is 26.3 Å². The van der Waals surface area contributed by atoms with Crippen LogP contribution in [0.15, 0.2) is 47.8 Å². The zero-order chi connectivity index (χ0) is 19.6. The van der Waals surface area contributed by atoms with Gasteiger partial charge in [-0.2, -0.15) is 0 Å². The molecule has 0 N–H and O–H groups in total. The minimum atomic E-state index is -0.299. The normalized spacial score (nSPS) is 11.7. The molecule has 3 rings (SSSR count). The van der Waals surface area contributed by atoms with Gasteiger partial charge in [-0.1, -0.05) is 65.3 Å². The molecule has 27 heavy (non-hydrogen) atoms. The fourth-order valence-electron chi connectivity index (χ4n) is 2.67. The van der Waals surface area contributed by atoms with Crippen LogP contribution in [0.2, 0.25) is 10.0 Å². The molecule has 0 aliphatic carbocycles. The molecule has 0 atom stereocenters. The van der Waals surface area contributed by atoms with Crippen molar-refractivity contribution in [3.05, 3.63) is 58.2 Å². The molecule has 0 saturated carbocycles. The van der Waals surface area contributed by atoms with Gasteiger partial charge in [0, 0.05) is 18.3 Å². The Morgan fingerprint density at radius 2 is 1.89 bits per heavy atom. The van der Waals surface area contributed by atoms with Crippen molar-refractivity contribution in [2.45, 2.75) is 38.0 Å². The van der Waals surface area contributed by atoms with Gasteiger partial charge in [-0.3, -0.25) is 9.20 Å². The standard InChI is InChI=1S/C19H20Cl2N4OS/c1-19(2,3)25(10-13-7-5-4-6-8-13)16(26)12-27-18-23-22-17-15(21)9-14(20)11-24(17)18/h4-9,11H,10,12H2,1-3H3. The van der Waals surface area contributed by atoms with E-state index in [0.29, 0.717) is 27.4 Å². The fraction of sp³-hybridized carbons (Fsp3) is 0.316. The average Bonchev–Trinajstić information content (AvgIpc) is 3.00. The molecule has 0 aliphatic rings. The van der Waals surface area contributed by atoms with Crippen LogP contribution in [-0.2, 0) is 11.3 Å². The first-order valence-corrected chi connectivity index (χ1v) is 10.2. The highest BCUT2D eigenvalue weighted by atomic mass is 35.5. The van der Waals surface area contributed by atoms with E-state index in [4.69, 9.17) is 23.2 Å². The van der Waals surface area contributed by atoms with Gasteiger partial charge in [0.05, 0.1) is 15.8 Å². The van der Waals surface area contributed by atoms with E-state index in [9.17, 15) is 4.79 Å². The maximum atomic E-state index is 13.0. The van der Waals surface area contributed by atoms with Crippen LogP contribution in [0.5, 0.6) is 0 Å². The quantitative estimate of drug-likeness (QED) is 0.545. The Morgan fingerprint density at radius 3 is 2.56 bits per heavy atom. The molecule has 0 aliphatic heterocycles. The molecule has 1 amide bonds. The molecule has 0 fully saturated rings. The van der Waals surface area contributed by atoms with Crippen molar-refractivity contribution in [2.24, 2.45) is 0 Å². The lowest BCUT2D eigenvalue weighted by Gasteiger charge is -2.36. The van der Waals surface area contributed by atoms with E-state index in [1.165, 1.54) is 11.8 Å². The van der Waals surface area contributed by atoms with Gasteiger partial charge in [0.25, 0.3) is 0 Å². The van der Waals surface area contributed by atoms with Crippen LogP contribution < -0.4 is 0 Å². The van der Waals surface area contributed by atoms with E-state index < -0.39 is 0 Å². The number of carbonyl (C=O) groups is 1. The number of carbonyl (C=O) groups excluding carboxylic acids is 1. The third-order valence-electron chi connectivity index (χ3n) is 4.01. The Kier molecular flexibility index (Phi) is 5.99. The van der Waals surface area contributed by atoms with Crippen LogP contribution in [0.3, 0.4) is 0 Å². The molecule has 5 nitrogen and oxygen atoms in total. The number of nitrogens with zero attached hydrogens (tertiary/aromatic N) is 4. The number of hydrogen-bond acceptors (Lipinski definition) is 4. The smallest absolute Gasteiger partial charge is 0.233 e. The Labute approximate surface area is 172 Å². The van der Waals surface area contributed by atoms with Gasteiger partial charge in [-0.25, -0.2) is 0 Å². The summed E-state index contributed by atoms with van der Waals surface area (Å²) in [6.45, 7) is 6.65. The molecule has 0 bridgehead atoms. The molecule has 0 unspecified atom stereocenters. The second-order valence-corrected chi connectivity index (χ2v) is 8.89. The van der Waals surface area contributed by atoms with Crippen LogP contribution in [0, 0.1) is 0 Å². The summed E-state index contributed by atoms with van der Waals surface area (Å²) in [5.74, 6) is 0.274. The van der Waals surface area contributed by atoms with Crippen LogP contribution >= 0.6 is 35.0 Å². The van der Waals surface area contributed by atoms with Crippen molar-refractivity contribution < 1.29 is 4.79 Å².